The van der Waals surface area contributed by atoms with E-state index in [1.165, 1.54) is 0 Å². The number of piperazine rings is 1. The van der Waals surface area contributed by atoms with E-state index in [9.17, 15) is 9.59 Å². The van der Waals surface area contributed by atoms with Crippen LogP contribution >= 0.6 is 11.6 Å². The fraction of sp³-hybridized carbons (Fsp3) is 0.300. The van der Waals surface area contributed by atoms with Gasteiger partial charge in [-0.3, -0.25) is 9.59 Å². The highest BCUT2D eigenvalue weighted by molar-refractivity contribution is 6.31. The first kappa shape index (κ1) is 24.5. The molecule has 2 aromatic carbocycles. The lowest BCUT2D eigenvalue weighted by Crippen LogP contribution is -2.53. The number of anilines is 2. The molecule has 0 saturated carbocycles. The van der Waals surface area contributed by atoms with Crippen LogP contribution in [-0.2, 0) is 4.79 Å². The van der Waals surface area contributed by atoms with Crippen molar-refractivity contribution in [3.05, 3.63) is 88.3 Å². The van der Waals surface area contributed by atoms with Gasteiger partial charge in [0.2, 0.25) is 5.91 Å². The Hall–Kier alpha value is -3.84. The highest BCUT2D eigenvalue weighted by Crippen LogP contribution is 2.37. The van der Waals surface area contributed by atoms with Crippen LogP contribution in [0.1, 0.15) is 12.8 Å². The molecule has 0 radical (unpaired) electrons. The number of hydrogen-bond acceptors (Lipinski definition) is 5. The first-order valence-corrected chi connectivity index (χ1v) is 13.6. The Morgan fingerprint density at radius 1 is 0.921 bits per heavy atom. The number of H-pyrrole nitrogens is 1. The summed E-state index contributed by atoms with van der Waals surface area (Å²) in [5, 5.41) is 1.52. The van der Waals surface area contributed by atoms with Gasteiger partial charge in [0.25, 0.3) is 5.56 Å². The molecule has 1 N–H and O–H groups in total. The summed E-state index contributed by atoms with van der Waals surface area (Å²) in [6, 6.07) is 21.4. The summed E-state index contributed by atoms with van der Waals surface area (Å²) in [6.07, 6.45) is 3.48. The van der Waals surface area contributed by atoms with E-state index in [1.807, 2.05) is 65.6 Å². The van der Waals surface area contributed by atoms with E-state index in [2.05, 4.69) is 19.8 Å². The number of aromatic nitrogens is 2. The van der Waals surface area contributed by atoms with Gasteiger partial charge in [-0.15, -0.1) is 0 Å². The Bertz CT molecular complexity index is 1500. The number of benzene rings is 2. The molecule has 1 amide bonds. The third-order valence-electron chi connectivity index (χ3n) is 7.66. The lowest BCUT2D eigenvalue weighted by atomic mass is 9.93. The van der Waals surface area contributed by atoms with Gasteiger partial charge in [0.1, 0.15) is 11.5 Å². The SMILES string of the molecule is O=C([C@@H]1CCCN(c2c(-c3ccccc3)c3cc(Cl)ccc3[nH]c2=O)C1)N1CCN(c2ccccn2)CC1. The molecule has 1 atom stereocenters. The molecule has 38 heavy (non-hydrogen) atoms. The van der Waals surface area contributed by atoms with Gasteiger partial charge < -0.3 is 19.7 Å². The molecule has 2 fully saturated rings. The van der Waals surface area contributed by atoms with Crippen LogP contribution < -0.4 is 15.4 Å². The Balaban J connectivity index is 1.27. The molecule has 0 aliphatic carbocycles. The van der Waals surface area contributed by atoms with E-state index in [1.54, 1.807) is 12.3 Å². The molecule has 0 spiro atoms. The first-order valence-electron chi connectivity index (χ1n) is 13.2. The van der Waals surface area contributed by atoms with E-state index in [0.717, 1.165) is 60.3 Å². The van der Waals surface area contributed by atoms with Crippen LogP contribution in [0.25, 0.3) is 22.0 Å². The van der Waals surface area contributed by atoms with Crippen molar-refractivity contribution in [1.82, 2.24) is 14.9 Å². The van der Waals surface area contributed by atoms with Crippen molar-refractivity contribution in [2.45, 2.75) is 12.8 Å². The second-order valence-corrected chi connectivity index (χ2v) is 10.5. The predicted octanol–water partition coefficient (Wildman–Crippen LogP) is 4.81. The van der Waals surface area contributed by atoms with Crippen molar-refractivity contribution < 1.29 is 4.79 Å². The molecule has 0 bridgehead atoms. The fourth-order valence-electron chi connectivity index (χ4n) is 5.79. The van der Waals surface area contributed by atoms with Gasteiger partial charge in [-0.1, -0.05) is 48.0 Å². The van der Waals surface area contributed by atoms with E-state index in [0.29, 0.717) is 30.3 Å². The smallest absolute Gasteiger partial charge is 0.272 e. The minimum atomic E-state index is -0.150. The van der Waals surface area contributed by atoms with Gasteiger partial charge in [-0.05, 0) is 48.7 Å². The standard InChI is InChI=1S/C30H30ClN5O2/c31-23-11-12-25-24(19-23)27(21-7-2-1-3-8-21)28(29(37)33-25)36-14-6-9-22(20-36)30(38)35-17-15-34(16-18-35)26-10-4-5-13-32-26/h1-5,7-8,10-13,19,22H,6,9,14-18,20H2,(H,33,37)/t22-/m1/s1. The maximum atomic E-state index is 13.6. The number of hydrogen-bond donors (Lipinski definition) is 1. The third kappa shape index (κ3) is 4.74. The lowest BCUT2D eigenvalue weighted by Gasteiger charge is -2.40. The molecule has 2 aliphatic heterocycles. The summed E-state index contributed by atoms with van der Waals surface area (Å²) in [5.41, 5.74) is 3.04. The number of nitrogens with one attached hydrogen (secondary N) is 1. The van der Waals surface area contributed by atoms with E-state index in [-0.39, 0.29) is 17.4 Å². The van der Waals surface area contributed by atoms with Crippen molar-refractivity contribution in [3.63, 3.8) is 0 Å². The number of piperidine rings is 1. The van der Waals surface area contributed by atoms with Crippen LogP contribution in [0.15, 0.2) is 77.7 Å². The second-order valence-electron chi connectivity index (χ2n) is 10.0. The molecule has 4 aromatic rings. The molecule has 2 saturated heterocycles. The number of nitrogens with zero attached hydrogens (tertiary/aromatic N) is 4. The summed E-state index contributed by atoms with van der Waals surface area (Å²) in [7, 11) is 0. The lowest BCUT2D eigenvalue weighted by molar-refractivity contribution is -0.136. The van der Waals surface area contributed by atoms with Crippen molar-refractivity contribution in [2.75, 3.05) is 49.1 Å². The topological polar surface area (TPSA) is 72.5 Å². The van der Waals surface area contributed by atoms with E-state index >= 15 is 0 Å². The number of carbonyl (C=O) groups is 1. The predicted molar refractivity (Wildman–Crippen MR) is 153 cm³/mol. The Morgan fingerprint density at radius 2 is 1.71 bits per heavy atom. The minimum Gasteiger partial charge on any atom is -0.366 e. The van der Waals surface area contributed by atoms with Crippen LogP contribution in [0.4, 0.5) is 11.5 Å². The number of carbonyl (C=O) groups excluding carboxylic acids is 1. The van der Waals surface area contributed by atoms with Gasteiger partial charge in [0.05, 0.1) is 5.92 Å². The Kier molecular flexibility index (Phi) is 6.77. The minimum absolute atomic E-state index is 0.143. The summed E-state index contributed by atoms with van der Waals surface area (Å²) >= 11 is 6.39. The number of pyridine rings is 2. The van der Waals surface area contributed by atoms with Crippen LogP contribution in [0, 0.1) is 5.92 Å². The number of amides is 1. The summed E-state index contributed by atoms with van der Waals surface area (Å²) < 4.78 is 0. The fourth-order valence-corrected chi connectivity index (χ4v) is 5.96. The molecular formula is C30H30ClN5O2. The zero-order chi connectivity index (χ0) is 26.1. The first-order chi connectivity index (χ1) is 18.6. The monoisotopic (exact) mass is 527 g/mol. The second kappa shape index (κ2) is 10.5. The molecule has 194 valence electrons. The van der Waals surface area contributed by atoms with Gasteiger partial charge in [0, 0.05) is 67.0 Å². The third-order valence-corrected chi connectivity index (χ3v) is 7.90. The molecule has 8 heteroatoms. The molecule has 0 unspecified atom stereocenters. The van der Waals surface area contributed by atoms with Crippen LogP contribution in [0.2, 0.25) is 5.02 Å². The molecular weight excluding hydrogens is 498 g/mol. The average molecular weight is 528 g/mol. The molecule has 2 aromatic heterocycles. The van der Waals surface area contributed by atoms with Crippen LogP contribution in [0.3, 0.4) is 0 Å². The molecule has 6 rings (SSSR count). The summed E-state index contributed by atoms with van der Waals surface area (Å²) in [4.78, 5) is 41.0. The maximum absolute atomic E-state index is 13.6. The molecule has 2 aliphatic rings. The van der Waals surface area contributed by atoms with Gasteiger partial charge >= 0.3 is 0 Å². The van der Waals surface area contributed by atoms with Crippen molar-refractivity contribution in [1.29, 1.82) is 0 Å². The van der Waals surface area contributed by atoms with E-state index in [4.69, 9.17) is 11.6 Å². The Morgan fingerprint density at radius 3 is 2.47 bits per heavy atom. The number of halogens is 1. The highest BCUT2D eigenvalue weighted by Gasteiger charge is 2.33. The maximum Gasteiger partial charge on any atom is 0.272 e. The largest absolute Gasteiger partial charge is 0.366 e. The quantitative estimate of drug-likeness (QED) is 0.412. The number of fused-ring (bicyclic) bond motifs is 1. The van der Waals surface area contributed by atoms with Crippen molar-refractivity contribution in [2.24, 2.45) is 5.92 Å². The van der Waals surface area contributed by atoms with Crippen molar-refractivity contribution in [3.8, 4) is 11.1 Å². The number of rotatable bonds is 4. The molecule has 7 nitrogen and oxygen atoms in total. The van der Waals surface area contributed by atoms with Gasteiger partial charge in [-0.2, -0.15) is 0 Å². The number of aromatic amines is 1. The normalized spacial score (nSPS) is 18.1. The van der Waals surface area contributed by atoms with Crippen molar-refractivity contribution >= 4 is 39.9 Å². The molecule has 4 heterocycles. The summed E-state index contributed by atoms with van der Waals surface area (Å²) in [5.74, 6) is 0.979. The van der Waals surface area contributed by atoms with Crippen LogP contribution in [0.5, 0.6) is 0 Å². The van der Waals surface area contributed by atoms with E-state index < -0.39 is 0 Å². The van der Waals surface area contributed by atoms with Crippen LogP contribution in [-0.4, -0.2) is 60.0 Å². The Labute approximate surface area is 226 Å². The summed E-state index contributed by atoms with van der Waals surface area (Å²) in [6.45, 7) is 4.14. The zero-order valence-electron chi connectivity index (χ0n) is 21.1. The van der Waals surface area contributed by atoms with Gasteiger partial charge in [0.15, 0.2) is 0 Å². The zero-order valence-corrected chi connectivity index (χ0v) is 21.9. The van der Waals surface area contributed by atoms with Gasteiger partial charge in [-0.25, -0.2) is 4.98 Å². The highest BCUT2D eigenvalue weighted by atomic mass is 35.5. The average Bonchev–Trinajstić information content (AvgIpc) is 2.97.